The molecule has 0 saturated carbocycles. The van der Waals surface area contributed by atoms with Gasteiger partial charge in [0, 0.05) is 5.39 Å². The number of hydrogen-bond acceptors (Lipinski definition) is 5. The smallest absolute Gasteiger partial charge is 0.264 e. The molecule has 3 N–H and O–H groups in total. The molecule has 0 bridgehead atoms. The SMILES string of the molecule is C#CCNC(=O)c1sc2nnc(C)c(C)c2c1N. The van der Waals surface area contributed by atoms with Crippen molar-refractivity contribution < 1.29 is 4.79 Å². The van der Waals surface area contributed by atoms with Crippen LogP contribution >= 0.6 is 11.3 Å². The average Bonchev–Trinajstić information content (AvgIpc) is 2.69. The van der Waals surface area contributed by atoms with Gasteiger partial charge in [-0.25, -0.2) is 0 Å². The van der Waals surface area contributed by atoms with Gasteiger partial charge < -0.3 is 11.1 Å². The number of carbonyl (C=O) groups is 1. The van der Waals surface area contributed by atoms with E-state index < -0.39 is 0 Å². The van der Waals surface area contributed by atoms with E-state index in [0.29, 0.717) is 15.4 Å². The Morgan fingerprint density at radius 1 is 1.50 bits per heavy atom. The van der Waals surface area contributed by atoms with E-state index in [2.05, 4.69) is 21.4 Å². The van der Waals surface area contributed by atoms with Gasteiger partial charge in [0.05, 0.1) is 17.9 Å². The van der Waals surface area contributed by atoms with Crippen molar-refractivity contribution in [1.82, 2.24) is 15.5 Å². The average molecular weight is 260 g/mol. The van der Waals surface area contributed by atoms with Crippen molar-refractivity contribution in [2.24, 2.45) is 0 Å². The van der Waals surface area contributed by atoms with Crippen molar-refractivity contribution in [1.29, 1.82) is 0 Å². The highest BCUT2D eigenvalue weighted by molar-refractivity contribution is 7.21. The van der Waals surface area contributed by atoms with Crippen LogP contribution in [-0.4, -0.2) is 22.6 Å². The number of anilines is 1. The summed E-state index contributed by atoms with van der Waals surface area (Å²) in [7, 11) is 0. The van der Waals surface area contributed by atoms with Crippen molar-refractivity contribution in [3.8, 4) is 12.3 Å². The van der Waals surface area contributed by atoms with Gasteiger partial charge in [-0.2, -0.15) is 5.10 Å². The van der Waals surface area contributed by atoms with E-state index in [-0.39, 0.29) is 12.5 Å². The predicted octanol–water partition coefficient (Wildman–Crippen LogP) is 1.25. The van der Waals surface area contributed by atoms with Crippen LogP contribution < -0.4 is 11.1 Å². The third-order valence-corrected chi connectivity index (χ3v) is 3.78. The zero-order chi connectivity index (χ0) is 13.3. The van der Waals surface area contributed by atoms with Crippen molar-refractivity contribution >= 4 is 33.1 Å². The second-order valence-electron chi connectivity index (χ2n) is 3.82. The second-order valence-corrected chi connectivity index (χ2v) is 4.82. The zero-order valence-corrected chi connectivity index (χ0v) is 10.9. The number of rotatable bonds is 2. The van der Waals surface area contributed by atoms with E-state index in [9.17, 15) is 4.79 Å². The summed E-state index contributed by atoms with van der Waals surface area (Å²) in [6.45, 7) is 3.95. The molecule has 0 fully saturated rings. The van der Waals surface area contributed by atoms with E-state index in [4.69, 9.17) is 12.2 Å². The van der Waals surface area contributed by atoms with Crippen molar-refractivity contribution in [3.63, 3.8) is 0 Å². The molecule has 92 valence electrons. The highest BCUT2D eigenvalue weighted by atomic mass is 32.1. The van der Waals surface area contributed by atoms with E-state index >= 15 is 0 Å². The quantitative estimate of drug-likeness (QED) is 0.796. The van der Waals surface area contributed by atoms with Gasteiger partial charge in [0.15, 0.2) is 0 Å². The Morgan fingerprint density at radius 3 is 2.89 bits per heavy atom. The van der Waals surface area contributed by atoms with Gasteiger partial charge in [-0.1, -0.05) is 5.92 Å². The lowest BCUT2D eigenvalue weighted by Crippen LogP contribution is -2.23. The maximum Gasteiger partial charge on any atom is 0.264 e. The normalized spacial score (nSPS) is 10.3. The largest absolute Gasteiger partial charge is 0.397 e. The maximum atomic E-state index is 11.9. The minimum absolute atomic E-state index is 0.177. The first-order chi connectivity index (χ1) is 8.56. The topological polar surface area (TPSA) is 80.9 Å². The molecule has 2 rings (SSSR count). The predicted molar refractivity (Wildman–Crippen MR) is 72.5 cm³/mol. The lowest BCUT2D eigenvalue weighted by molar-refractivity contribution is 0.0963. The van der Waals surface area contributed by atoms with Crippen molar-refractivity contribution in [2.45, 2.75) is 13.8 Å². The molecular formula is C12H12N4OS. The van der Waals surface area contributed by atoms with E-state index in [1.165, 1.54) is 11.3 Å². The summed E-state index contributed by atoms with van der Waals surface area (Å²) >= 11 is 1.23. The molecule has 0 saturated heterocycles. The molecule has 0 atom stereocenters. The Labute approximate surface area is 108 Å². The number of aryl methyl sites for hydroxylation is 2. The van der Waals surface area contributed by atoms with Gasteiger partial charge >= 0.3 is 0 Å². The number of hydrogen-bond donors (Lipinski definition) is 2. The Kier molecular flexibility index (Phi) is 3.17. The van der Waals surface area contributed by atoms with E-state index in [0.717, 1.165) is 16.6 Å². The molecule has 2 aromatic heterocycles. The third-order valence-electron chi connectivity index (χ3n) is 2.69. The van der Waals surface area contributed by atoms with Crippen LogP contribution in [0.5, 0.6) is 0 Å². The Hall–Kier alpha value is -2.13. The second kappa shape index (κ2) is 4.63. The molecular weight excluding hydrogens is 248 g/mol. The molecule has 0 radical (unpaired) electrons. The van der Waals surface area contributed by atoms with Crippen LogP contribution in [0, 0.1) is 26.2 Å². The van der Waals surface area contributed by atoms with Crippen LogP contribution in [0.3, 0.4) is 0 Å². The number of nitrogen functional groups attached to an aromatic ring is 1. The van der Waals surface area contributed by atoms with Crippen LogP contribution in [-0.2, 0) is 0 Å². The van der Waals surface area contributed by atoms with Crippen LogP contribution in [0.2, 0.25) is 0 Å². The fourth-order valence-electron chi connectivity index (χ4n) is 1.62. The van der Waals surface area contributed by atoms with E-state index in [1.807, 2.05) is 13.8 Å². The van der Waals surface area contributed by atoms with Gasteiger partial charge in [0.2, 0.25) is 0 Å². The Morgan fingerprint density at radius 2 is 2.22 bits per heavy atom. The Bertz CT molecular complexity index is 669. The minimum atomic E-state index is -0.273. The number of nitrogens with zero attached hydrogens (tertiary/aromatic N) is 2. The molecule has 1 amide bonds. The monoisotopic (exact) mass is 260 g/mol. The molecule has 18 heavy (non-hydrogen) atoms. The summed E-state index contributed by atoms with van der Waals surface area (Å²) in [4.78, 5) is 13.0. The number of nitrogens with two attached hydrogens (primary N) is 1. The molecule has 0 aliphatic carbocycles. The number of thiophene rings is 1. The summed E-state index contributed by atoms with van der Waals surface area (Å²) in [6.07, 6.45) is 5.10. The van der Waals surface area contributed by atoms with Crippen LogP contribution in [0.4, 0.5) is 5.69 Å². The minimum Gasteiger partial charge on any atom is -0.397 e. The lowest BCUT2D eigenvalue weighted by Gasteiger charge is -2.01. The summed E-state index contributed by atoms with van der Waals surface area (Å²) in [5.74, 6) is 2.07. The molecule has 0 aliphatic rings. The summed E-state index contributed by atoms with van der Waals surface area (Å²) in [5.41, 5.74) is 8.21. The number of fused-ring (bicyclic) bond motifs is 1. The van der Waals surface area contributed by atoms with Gasteiger partial charge in [-0.3, -0.25) is 4.79 Å². The lowest BCUT2D eigenvalue weighted by atomic mass is 10.1. The molecule has 2 aromatic rings. The van der Waals surface area contributed by atoms with Gasteiger partial charge in [0.1, 0.15) is 9.71 Å². The fourth-order valence-corrected chi connectivity index (χ4v) is 2.64. The molecule has 0 unspecified atom stereocenters. The maximum absolute atomic E-state index is 11.9. The summed E-state index contributed by atoms with van der Waals surface area (Å²) < 4.78 is 0. The van der Waals surface area contributed by atoms with Crippen molar-refractivity contribution in [2.75, 3.05) is 12.3 Å². The van der Waals surface area contributed by atoms with Gasteiger partial charge in [-0.05, 0) is 19.4 Å². The highest BCUT2D eigenvalue weighted by Gasteiger charge is 2.19. The molecule has 2 heterocycles. The third kappa shape index (κ3) is 1.89. The summed E-state index contributed by atoms with van der Waals surface area (Å²) in [5, 5.41) is 11.5. The fraction of sp³-hybridized carbons (Fsp3) is 0.250. The van der Waals surface area contributed by atoms with Crippen LogP contribution in [0.25, 0.3) is 10.2 Å². The first-order valence-corrected chi connectivity index (χ1v) is 6.11. The zero-order valence-electron chi connectivity index (χ0n) is 10.1. The molecule has 5 nitrogen and oxygen atoms in total. The van der Waals surface area contributed by atoms with Gasteiger partial charge in [-0.15, -0.1) is 22.9 Å². The first kappa shape index (κ1) is 12.3. The molecule has 0 aromatic carbocycles. The highest BCUT2D eigenvalue weighted by Crippen LogP contribution is 2.34. The van der Waals surface area contributed by atoms with Crippen LogP contribution in [0.15, 0.2) is 0 Å². The number of amides is 1. The molecule has 0 aliphatic heterocycles. The van der Waals surface area contributed by atoms with Crippen LogP contribution in [0.1, 0.15) is 20.9 Å². The molecule has 0 spiro atoms. The number of aromatic nitrogens is 2. The number of carbonyl (C=O) groups excluding carboxylic acids is 1. The standard InChI is InChI=1S/C12H12N4OS/c1-4-5-14-11(17)10-9(13)8-6(2)7(3)15-16-12(8)18-10/h1H,5,13H2,2-3H3,(H,14,17). The molecule has 6 heteroatoms. The van der Waals surface area contributed by atoms with Gasteiger partial charge in [0.25, 0.3) is 5.91 Å². The number of nitrogens with one attached hydrogen (secondary N) is 1. The summed E-state index contributed by atoms with van der Waals surface area (Å²) in [6, 6.07) is 0. The van der Waals surface area contributed by atoms with Crippen molar-refractivity contribution in [3.05, 3.63) is 16.1 Å². The number of terminal acetylenes is 1. The first-order valence-electron chi connectivity index (χ1n) is 5.29. The van der Waals surface area contributed by atoms with E-state index in [1.54, 1.807) is 0 Å². The Balaban J connectivity index is 2.55.